The van der Waals surface area contributed by atoms with Crippen LogP contribution in [0.4, 0.5) is 0 Å². The summed E-state index contributed by atoms with van der Waals surface area (Å²) in [5, 5.41) is 14.2. The molecule has 0 aliphatic carbocycles. The van der Waals surface area contributed by atoms with Crippen molar-refractivity contribution in [2.24, 2.45) is 5.92 Å². The van der Waals surface area contributed by atoms with E-state index in [1.807, 2.05) is 42.6 Å². The average Bonchev–Trinajstić information content (AvgIpc) is 2.96. The van der Waals surface area contributed by atoms with Gasteiger partial charge in [-0.2, -0.15) is 0 Å². The molecule has 1 unspecified atom stereocenters. The predicted molar refractivity (Wildman–Crippen MR) is 84.5 cm³/mol. The van der Waals surface area contributed by atoms with Crippen molar-refractivity contribution in [2.75, 3.05) is 0 Å². The zero-order valence-electron chi connectivity index (χ0n) is 13.3. The highest BCUT2D eigenvalue weighted by Gasteiger charge is 2.29. The van der Waals surface area contributed by atoms with E-state index in [9.17, 15) is 9.59 Å². The Labute approximate surface area is 134 Å². The summed E-state index contributed by atoms with van der Waals surface area (Å²) in [5.74, 6) is 0.617. The van der Waals surface area contributed by atoms with Gasteiger partial charge in [0.2, 0.25) is 11.8 Å². The minimum atomic E-state index is -0.461. The van der Waals surface area contributed by atoms with Gasteiger partial charge in [-0.3, -0.25) is 14.0 Å². The first kappa shape index (κ1) is 15.5. The summed E-state index contributed by atoms with van der Waals surface area (Å²) in [7, 11) is 0. The molecule has 2 N–H and O–H groups in total. The lowest BCUT2D eigenvalue weighted by molar-refractivity contribution is -0.131. The quantitative estimate of drug-likeness (QED) is 0.887. The van der Waals surface area contributed by atoms with Crippen molar-refractivity contribution in [3.05, 3.63) is 30.2 Å². The zero-order valence-corrected chi connectivity index (χ0v) is 13.3. The molecule has 0 saturated carbocycles. The maximum absolute atomic E-state index is 12.5. The third-order valence-corrected chi connectivity index (χ3v) is 4.13. The molecule has 0 spiro atoms. The van der Waals surface area contributed by atoms with Crippen LogP contribution in [0.1, 0.15) is 45.0 Å². The molecule has 7 nitrogen and oxygen atoms in total. The van der Waals surface area contributed by atoms with Crippen LogP contribution < -0.4 is 10.6 Å². The molecule has 1 saturated heterocycles. The highest BCUT2D eigenvalue weighted by Crippen LogP contribution is 2.21. The molecule has 0 aromatic carbocycles. The molecule has 3 heterocycles. The van der Waals surface area contributed by atoms with Gasteiger partial charge in [0, 0.05) is 12.6 Å². The van der Waals surface area contributed by atoms with Crippen LogP contribution >= 0.6 is 0 Å². The van der Waals surface area contributed by atoms with Crippen LogP contribution in [0.5, 0.6) is 0 Å². The first-order chi connectivity index (χ1) is 11.1. The molecule has 1 aliphatic rings. The predicted octanol–water partition coefficient (Wildman–Crippen LogP) is 1.21. The first-order valence-corrected chi connectivity index (χ1v) is 7.95. The number of nitrogens with one attached hydrogen (secondary N) is 2. The topological polar surface area (TPSA) is 88.4 Å². The Morgan fingerprint density at radius 3 is 2.96 bits per heavy atom. The molecule has 2 amide bonds. The van der Waals surface area contributed by atoms with E-state index in [1.165, 1.54) is 0 Å². The molecule has 2 atom stereocenters. The lowest BCUT2D eigenvalue weighted by Gasteiger charge is -2.26. The zero-order chi connectivity index (χ0) is 16.4. The fraction of sp³-hybridized carbons (Fsp3) is 0.500. The number of carbonyl (C=O) groups excluding carboxylic acids is 2. The van der Waals surface area contributed by atoms with Gasteiger partial charge in [-0.1, -0.05) is 19.9 Å². The van der Waals surface area contributed by atoms with Gasteiger partial charge in [0.05, 0.1) is 6.04 Å². The number of fused-ring (bicyclic) bond motifs is 1. The molecule has 1 aliphatic heterocycles. The lowest BCUT2D eigenvalue weighted by Crippen LogP contribution is -2.50. The number of rotatable bonds is 4. The van der Waals surface area contributed by atoms with Crippen molar-refractivity contribution >= 4 is 17.5 Å². The van der Waals surface area contributed by atoms with E-state index in [1.54, 1.807) is 0 Å². The average molecular weight is 315 g/mol. The van der Waals surface area contributed by atoms with E-state index in [4.69, 9.17) is 0 Å². The summed E-state index contributed by atoms with van der Waals surface area (Å²) in [6, 6.07) is 4.95. The van der Waals surface area contributed by atoms with E-state index in [2.05, 4.69) is 20.8 Å². The number of amides is 2. The van der Waals surface area contributed by atoms with Crippen molar-refractivity contribution in [3.63, 3.8) is 0 Å². The normalized spacial score (nSPS) is 19.6. The monoisotopic (exact) mass is 315 g/mol. The number of piperidine rings is 1. The summed E-state index contributed by atoms with van der Waals surface area (Å²) in [5.41, 5.74) is 0.744. The first-order valence-electron chi connectivity index (χ1n) is 7.95. The van der Waals surface area contributed by atoms with Crippen LogP contribution in [0.15, 0.2) is 24.4 Å². The lowest BCUT2D eigenvalue weighted by atomic mass is 10.0. The van der Waals surface area contributed by atoms with Crippen molar-refractivity contribution in [3.8, 4) is 0 Å². The third kappa shape index (κ3) is 3.18. The molecular formula is C16H21N5O2. The molecule has 7 heteroatoms. The molecule has 2 aromatic rings. The van der Waals surface area contributed by atoms with Gasteiger partial charge in [-0.25, -0.2) is 0 Å². The standard InChI is InChI=1S/C16H21N5O2/c1-10(2)14(15-20-19-12-7-3-4-9-21(12)15)18-16(23)11-6-5-8-13(22)17-11/h3-4,7,9-11,14H,5-6,8H2,1-2H3,(H,17,22)(H,18,23)/t11-,14?/m1/s1. The minimum Gasteiger partial charge on any atom is -0.344 e. The molecule has 0 radical (unpaired) electrons. The molecule has 23 heavy (non-hydrogen) atoms. The second-order valence-corrected chi connectivity index (χ2v) is 6.23. The number of hydrogen-bond acceptors (Lipinski definition) is 4. The Hall–Kier alpha value is -2.44. The Morgan fingerprint density at radius 1 is 1.39 bits per heavy atom. The molecule has 0 bridgehead atoms. The summed E-state index contributed by atoms with van der Waals surface area (Å²) in [4.78, 5) is 24.0. The van der Waals surface area contributed by atoms with Gasteiger partial charge in [0.25, 0.3) is 0 Å². The minimum absolute atomic E-state index is 0.0644. The van der Waals surface area contributed by atoms with Gasteiger partial charge in [-0.05, 0) is 30.9 Å². The van der Waals surface area contributed by atoms with Crippen LogP contribution in [0.3, 0.4) is 0 Å². The summed E-state index contributed by atoms with van der Waals surface area (Å²) in [6.07, 6.45) is 3.79. The molecule has 3 rings (SSSR count). The second-order valence-electron chi connectivity index (χ2n) is 6.23. The van der Waals surface area contributed by atoms with Gasteiger partial charge >= 0.3 is 0 Å². The summed E-state index contributed by atoms with van der Waals surface area (Å²) < 4.78 is 1.88. The smallest absolute Gasteiger partial charge is 0.243 e. The number of hydrogen-bond donors (Lipinski definition) is 2. The maximum atomic E-state index is 12.5. The van der Waals surface area contributed by atoms with Crippen molar-refractivity contribution < 1.29 is 9.59 Å². The van der Waals surface area contributed by atoms with E-state index < -0.39 is 6.04 Å². The molecular weight excluding hydrogens is 294 g/mol. The largest absolute Gasteiger partial charge is 0.344 e. The van der Waals surface area contributed by atoms with Gasteiger partial charge in [0.1, 0.15) is 6.04 Å². The SMILES string of the molecule is CC(C)C(NC(=O)[C@H]1CCCC(=O)N1)c1nnc2ccccn12. The Kier molecular flexibility index (Phi) is 4.27. The summed E-state index contributed by atoms with van der Waals surface area (Å²) >= 11 is 0. The van der Waals surface area contributed by atoms with Gasteiger partial charge < -0.3 is 10.6 Å². The number of nitrogens with zero attached hydrogens (tertiary/aromatic N) is 3. The maximum Gasteiger partial charge on any atom is 0.243 e. The van der Waals surface area contributed by atoms with Crippen molar-refractivity contribution in [1.82, 2.24) is 25.2 Å². The highest BCUT2D eigenvalue weighted by atomic mass is 16.2. The van der Waals surface area contributed by atoms with E-state index in [0.717, 1.165) is 12.1 Å². The molecule has 1 fully saturated rings. The van der Waals surface area contributed by atoms with Crippen LogP contribution in [-0.4, -0.2) is 32.5 Å². The van der Waals surface area contributed by atoms with Gasteiger partial charge in [-0.15, -0.1) is 10.2 Å². The number of pyridine rings is 1. The van der Waals surface area contributed by atoms with Gasteiger partial charge in [0.15, 0.2) is 11.5 Å². The van der Waals surface area contributed by atoms with E-state index in [0.29, 0.717) is 18.7 Å². The van der Waals surface area contributed by atoms with E-state index in [-0.39, 0.29) is 23.8 Å². The van der Waals surface area contributed by atoms with E-state index >= 15 is 0 Å². The highest BCUT2D eigenvalue weighted by molar-refractivity contribution is 5.88. The Bertz CT molecular complexity index is 724. The number of aromatic nitrogens is 3. The third-order valence-electron chi connectivity index (χ3n) is 4.13. The fourth-order valence-corrected chi connectivity index (χ4v) is 2.86. The van der Waals surface area contributed by atoms with Crippen LogP contribution in [0.25, 0.3) is 5.65 Å². The molecule has 2 aromatic heterocycles. The van der Waals surface area contributed by atoms with Crippen LogP contribution in [-0.2, 0) is 9.59 Å². The van der Waals surface area contributed by atoms with Crippen molar-refractivity contribution in [2.45, 2.75) is 45.2 Å². The summed E-state index contributed by atoms with van der Waals surface area (Å²) in [6.45, 7) is 4.04. The number of carbonyl (C=O) groups is 2. The van der Waals surface area contributed by atoms with Crippen molar-refractivity contribution in [1.29, 1.82) is 0 Å². The Balaban J connectivity index is 1.82. The van der Waals surface area contributed by atoms with Crippen LogP contribution in [0.2, 0.25) is 0 Å². The Morgan fingerprint density at radius 2 is 2.22 bits per heavy atom. The fourth-order valence-electron chi connectivity index (χ4n) is 2.86. The molecule has 122 valence electrons. The second kappa shape index (κ2) is 6.36. The van der Waals surface area contributed by atoms with Crippen LogP contribution in [0, 0.1) is 5.92 Å².